The Labute approximate surface area is 183 Å². The van der Waals surface area contributed by atoms with Gasteiger partial charge in [-0.05, 0) is 55.0 Å². The standard InChI is InChI=1S/C23H23N3O6/c1-3-4-13-32-22(29)15-5-7-16(8-6-15)24-14-19-20(27)25-23(30)26(21(19)28)17-9-11-18(31-2)12-10-17/h5-12,14,28H,3-4,13H2,1-2H3,(H,25,27,30). The zero-order chi connectivity index (χ0) is 23.1. The molecule has 3 aromatic rings. The number of hydrogen-bond donors (Lipinski definition) is 2. The lowest BCUT2D eigenvalue weighted by Gasteiger charge is -2.10. The number of nitrogens with one attached hydrogen (secondary N) is 1. The van der Waals surface area contributed by atoms with Gasteiger partial charge in [-0.1, -0.05) is 13.3 Å². The highest BCUT2D eigenvalue weighted by Gasteiger charge is 2.14. The Hall–Kier alpha value is -4.14. The highest BCUT2D eigenvalue weighted by molar-refractivity contribution is 5.90. The molecule has 0 atom stereocenters. The number of ether oxygens (including phenoxy) is 2. The summed E-state index contributed by atoms with van der Waals surface area (Å²) in [5.74, 6) is -0.399. The van der Waals surface area contributed by atoms with Crippen molar-refractivity contribution in [3.8, 4) is 17.3 Å². The average Bonchev–Trinajstić information content (AvgIpc) is 2.79. The lowest BCUT2D eigenvalue weighted by Crippen LogP contribution is -2.31. The van der Waals surface area contributed by atoms with Gasteiger partial charge < -0.3 is 14.6 Å². The first-order chi connectivity index (χ1) is 15.4. The number of H-pyrrole nitrogens is 1. The van der Waals surface area contributed by atoms with Crippen LogP contribution in [0.3, 0.4) is 0 Å². The number of hydrogen-bond acceptors (Lipinski definition) is 7. The molecule has 0 fully saturated rings. The largest absolute Gasteiger partial charge is 0.497 e. The third-order valence-electron chi connectivity index (χ3n) is 4.63. The van der Waals surface area contributed by atoms with Crippen LogP contribution in [-0.2, 0) is 4.74 Å². The van der Waals surface area contributed by atoms with Crippen molar-refractivity contribution in [3.05, 3.63) is 80.5 Å². The van der Waals surface area contributed by atoms with Crippen LogP contribution >= 0.6 is 0 Å². The lowest BCUT2D eigenvalue weighted by atomic mass is 10.2. The van der Waals surface area contributed by atoms with Gasteiger partial charge in [0, 0.05) is 6.21 Å². The van der Waals surface area contributed by atoms with E-state index in [1.807, 2.05) is 6.92 Å². The monoisotopic (exact) mass is 437 g/mol. The predicted molar refractivity (Wildman–Crippen MR) is 120 cm³/mol. The molecule has 0 saturated carbocycles. The maximum absolute atomic E-state index is 12.3. The summed E-state index contributed by atoms with van der Waals surface area (Å²) in [7, 11) is 1.51. The van der Waals surface area contributed by atoms with Gasteiger partial charge >= 0.3 is 11.7 Å². The molecule has 0 aliphatic heterocycles. The van der Waals surface area contributed by atoms with Gasteiger partial charge in [-0.15, -0.1) is 0 Å². The molecule has 0 amide bonds. The summed E-state index contributed by atoms with van der Waals surface area (Å²) >= 11 is 0. The number of aromatic nitrogens is 2. The molecule has 1 heterocycles. The van der Waals surface area contributed by atoms with Crippen molar-refractivity contribution in [2.24, 2.45) is 4.99 Å². The summed E-state index contributed by atoms with van der Waals surface area (Å²) in [6, 6.07) is 12.7. The molecule has 0 aliphatic carbocycles. The summed E-state index contributed by atoms with van der Waals surface area (Å²) in [5, 5.41) is 10.6. The molecular formula is C23H23N3O6. The van der Waals surface area contributed by atoms with Crippen LogP contribution in [0.4, 0.5) is 5.69 Å². The van der Waals surface area contributed by atoms with Crippen LogP contribution in [0.25, 0.3) is 5.69 Å². The number of rotatable bonds is 8. The molecule has 166 valence electrons. The van der Waals surface area contributed by atoms with Crippen LogP contribution in [-0.4, -0.2) is 40.6 Å². The van der Waals surface area contributed by atoms with Crippen LogP contribution in [0.1, 0.15) is 35.7 Å². The molecule has 32 heavy (non-hydrogen) atoms. The minimum Gasteiger partial charge on any atom is -0.497 e. The van der Waals surface area contributed by atoms with Gasteiger partial charge in [-0.2, -0.15) is 0 Å². The Morgan fingerprint density at radius 1 is 1.12 bits per heavy atom. The Kier molecular flexibility index (Phi) is 7.22. The van der Waals surface area contributed by atoms with Gasteiger partial charge in [0.1, 0.15) is 11.3 Å². The molecule has 0 unspecified atom stereocenters. The van der Waals surface area contributed by atoms with Crippen molar-refractivity contribution < 1.29 is 19.4 Å². The third kappa shape index (κ3) is 5.12. The molecule has 1 aromatic heterocycles. The van der Waals surface area contributed by atoms with Crippen molar-refractivity contribution in [2.45, 2.75) is 19.8 Å². The first-order valence-corrected chi connectivity index (χ1v) is 9.98. The van der Waals surface area contributed by atoms with E-state index in [9.17, 15) is 19.5 Å². The third-order valence-corrected chi connectivity index (χ3v) is 4.63. The van der Waals surface area contributed by atoms with Crippen molar-refractivity contribution >= 4 is 17.9 Å². The normalized spacial score (nSPS) is 10.9. The van der Waals surface area contributed by atoms with E-state index in [4.69, 9.17) is 9.47 Å². The number of methoxy groups -OCH3 is 1. The SMILES string of the molecule is CCCCOC(=O)c1ccc(N=Cc2c(O)n(-c3ccc(OC)cc3)c(=O)[nH]c2=O)cc1. The van der Waals surface area contributed by atoms with Crippen LogP contribution in [0.5, 0.6) is 11.6 Å². The Bertz CT molecular complexity index is 1220. The van der Waals surface area contributed by atoms with Crippen molar-refractivity contribution in [1.82, 2.24) is 9.55 Å². The summed E-state index contributed by atoms with van der Waals surface area (Å²) in [6.07, 6.45) is 2.88. The summed E-state index contributed by atoms with van der Waals surface area (Å²) in [4.78, 5) is 42.8. The first-order valence-electron chi connectivity index (χ1n) is 9.98. The molecule has 9 heteroatoms. The summed E-state index contributed by atoms with van der Waals surface area (Å²) in [6.45, 7) is 2.37. The van der Waals surface area contributed by atoms with Crippen molar-refractivity contribution in [3.63, 3.8) is 0 Å². The smallest absolute Gasteiger partial charge is 0.338 e. The molecule has 0 spiro atoms. The van der Waals surface area contributed by atoms with E-state index in [0.717, 1.165) is 23.6 Å². The zero-order valence-corrected chi connectivity index (χ0v) is 17.7. The van der Waals surface area contributed by atoms with Crippen molar-refractivity contribution in [1.29, 1.82) is 0 Å². The number of esters is 1. The van der Waals surface area contributed by atoms with E-state index in [-0.39, 0.29) is 5.56 Å². The number of carbonyl (C=O) groups is 1. The fourth-order valence-electron chi connectivity index (χ4n) is 2.84. The van der Waals surface area contributed by atoms with E-state index in [1.54, 1.807) is 48.5 Å². The average molecular weight is 437 g/mol. The van der Waals surface area contributed by atoms with Gasteiger partial charge in [0.05, 0.1) is 30.7 Å². The second-order valence-electron chi connectivity index (χ2n) is 6.82. The Balaban J connectivity index is 1.86. The van der Waals surface area contributed by atoms with E-state index in [0.29, 0.717) is 29.3 Å². The number of unbranched alkanes of at least 4 members (excludes halogenated alkanes) is 1. The highest BCUT2D eigenvalue weighted by Crippen LogP contribution is 2.20. The highest BCUT2D eigenvalue weighted by atomic mass is 16.5. The number of aliphatic imine (C=N–C) groups is 1. The van der Waals surface area contributed by atoms with E-state index in [2.05, 4.69) is 9.98 Å². The fourth-order valence-corrected chi connectivity index (χ4v) is 2.84. The second-order valence-corrected chi connectivity index (χ2v) is 6.82. The molecule has 0 bridgehead atoms. The number of nitrogens with zero attached hydrogens (tertiary/aromatic N) is 2. The zero-order valence-electron chi connectivity index (χ0n) is 17.7. The van der Waals surface area contributed by atoms with Gasteiger partial charge in [-0.25, -0.2) is 14.2 Å². The number of aromatic hydroxyl groups is 1. The topological polar surface area (TPSA) is 123 Å². The molecule has 0 radical (unpaired) electrons. The maximum Gasteiger partial charge on any atom is 0.338 e. The van der Waals surface area contributed by atoms with Crippen LogP contribution < -0.4 is 16.0 Å². The number of carbonyl (C=O) groups excluding carboxylic acids is 1. The molecule has 0 saturated heterocycles. The summed E-state index contributed by atoms with van der Waals surface area (Å²) < 4.78 is 11.2. The molecule has 3 rings (SSSR count). The summed E-state index contributed by atoms with van der Waals surface area (Å²) in [5.41, 5.74) is -0.601. The van der Waals surface area contributed by atoms with Crippen LogP contribution in [0.15, 0.2) is 63.1 Å². The fraction of sp³-hybridized carbons (Fsp3) is 0.217. The second kappa shape index (κ2) is 10.3. The van der Waals surface area contributed by atoms with E-state index < -0.39 is 23.1 Å². The molecule has 9 nitrogen and oxygen atoms in total. The minimum absolute atomic E-state index is 0.191. The van der Waals surface area contributed by atoms with E-state index >= 15 is 0 Å². The van der Waals surface area contributed by atoms with E-state index in [1.165, 1.54) is 7.11 Å². The molecule has 0 aliphatic rings. The minimum atomic E-state index is -0.791. The predicted octanol–water partition coefficient (Wildman–Crippen LogP) is 2.95. The first kappa shape index (κ1) is 22.5. The van der Waals surface area contributed by atoms with Gasteiger partial charge in [0.25, 0.3) is 5.56 Å². The number of aromatic amines is 1. The maximum atomic E-state index is 12.3. The van der Waals surface area contributed by atoms with Gasteiger partial charge in [0.2, 0.25) is 5.88 Å². The number of benzene rings is 2. The van der Waals surface area contributed by atoms with Crippen LogP contribution in [0, 0.1) is 0 Å². The van der Waals surface area contributed by atoms with Gasteiger partial charge in [-0.3, -0.25) is 14.8 Å². The Morgan fingerprint density at radius 2 is 1.81 bits per heavy atom. The lowest BCUT2D eigenvalue weighted by molar-refractivity contribution is 0.0500. The molecule has 2 N–H and O–H groups in total. The molecular weight excluding hydrogens is 414 g/mol. The Morgan fingerprint density at radius 3 is 2.44 bits per heavy atom. The van der Waals surface area contributed by atoms with Crippen LogP contribution in [0.2, 0.25) is 0 Å². The van der Waals surface area contributed by atoms with Crippen molar-refractivity contribution in [2.75, 3.05) is 13.7 Å². The molecule has 2 aromatic carbocycles. The quantitative estimate of drug-likeness (QED) is 0.317. The van der Waals surface area contributed by atoms with Gasteiger partial charge in [0.15, 0.2) is 0 Å².